The van der Waals surface area contributed by atoms with E-state index in [9.17, 15) is 0 Å². The van der Waals surface area contributed by atoms with E-state index in [-0.39, 0.29) is 46.5 Å². The van der Waals surface area contributed by atoms with Crippen LogP contribution in [0.5, 0.6) is 0 Å². The summed E-state index contributed by atoms with van der Waals surface area (Å²) in [4.78, 5) is 0. The number of hydrogen-bond donors (Lipinski definition) is 0. The molecule has 0 unspecified atom stereocenters. The summed E-state index contributed by atoms with van der Waals surface area (Å²) in [5.41, 5.74) is 14.9. The van der Waals surface area contributed by atoms with E-state index in [2.05, 4.69) is 200 Å². The number of fused-ring (bicyclic) bond motifs is 3. The topological polar surface area (TPSA) is 0 Å². The molecule has 52 heavy (non-hydrogen) atoms. The van der Waals surface area contributed by atoms with E-state index in [0.29, 0.717) is 0 Å². The van der Waals surface area contributed by atoms with Gasteiger partial charge in [-0.2, -0.15) is 0 Å². The molecule has 0 saturated carbocycles. The molecule has 4 aromatic carbocycles. The molecule has 2 aliphatic rings. The first-order chi connectivity index (χ1) is 23.2. The molecule has 2 aliphatic carbocycles. The van der Waals surface area contributed by atoms with Gasteiger partial charge in [0.05, 0.1) is 0 Å². The maximum Gasteiger partial charge on any atom is -1.00 e. The van der Waals surface area contributed by atoms with Crippen LogP contribution in [-0.4, -0.2) is 3.21 Å². The molecule has 0 saturated heterocycles. The molecule has 0 nitrogen and oxygen atoms in total. The van der Waals surface area contributed by atoms with Gasteiger partial charge in [-0.05, 0) is 0 Å². The summed E-state index contributed by atoms with van der Waals surface area (Å²) in [5.74, 6) is 0. The fourth-order valence-corrected chi connectivity index (χ4v) is 17.5. The average Bonchev–Trinajstić information content (AvgIpc) is 3.66. The summed E-state index contributed by atoms with van der Waals surface area (Å²) in [6, 6.07) is 26.1. The van der Waals surface area contributed by atoms with Gasteiger partial charge in [0, 0.05) is 0 Å². The van der Waals surface area contributed by atoms with Crippen LogP contribution in [0.3, 0.4) is 0 Å². The molecular weight excluding hydrogens is 886 g/mol. The predicted molar refractivity (Wildman–Crippen MR) is 222 cm³/mol. The molecule has 6 rings (SSSR count). The Bertz CT molecular complexity index is 2020. The van der Waals surface area contributed by atoms with Crippen LogP contribution < -0.4 is 28.1 Å². The first-order valence-electron chi connectivity index (χ1n) is 18.2. The molecule has 0 bridgehead atoms. The third-order valence-electron chi connectivity index (χ3n) is 10.4. The number of hydrogen-bond acceptors (Lipinski definition) is 0. The Kier molecular flexibility index (Phi) is 13.1. The second-order valence-electron chi connectivity index (χ2n) is 18.5. The van der Waals surface area contributed by atoms with Gasteiger partial charge in [0.2, 0.25) is 0 Å². The standard InChI is InChI=1S/C29H41.C13H8Br2.C5H5.2ClH.Zr/c1-26(2,3)20-14-19-13-18-15-22(27(4,5)6)23(28(7,8)9)17-21(18)25(19)24(16-20)29(10,11)12;14-12-5-1-10(2-6-12)9-11-3-7-13(15)8-4-11;1-2-4-5-3-1;;;/h14,16-17H,13H2,1-12H3;1-8H;1-3H,4H2;2*1H;/q;;;;;+2/p-2. The molecule has 274 valence electrons. The Morgan fingerprint density at radius 1 is 0.615 bits per heavy atom. The molecule has 0 N–H and O–H groups in total. The fraction of sp³-hybridized carbons (Fsp3) is 0.383. The summed E-state index contributed by atoms with van der Waals surface area (Å²) < 4.78 is 7.19. The van der Waals surface area contributed by atoms with E-state index in [1.807, 2.05) is 0 Å². The van der Waals surface area contributed by atoms with Gasteiger partial charge in [-0.3, -0.25) is 0 Å². The van der Waals surface area contributed by atoms with Crippen LogP contribution in [0.25, 0.3) is 11.1 Å². The minimum absolute atomic E-state index is 0. The molecule has 0 spiro atoms. The van der Waals surface area contributed by atoms with Crippen molar-refractivity contribution in [2.24, 2.45) is 0 Å². The Balaban J connectivity index is 0.00000302. The molecular formula is C47H54Br2Cl2Zr. The number of rotatable bonds is 4. The molecule has 4 aromatic rings. The summed E-state index contributed by atoms with van der Waals surface area (Å²) in [7, 11) is 0. The number of allylic oxidation sites excluding steroid dienone is 4. The maximum atomic E-state index is 3.76. The van der Waals surface area contributed by atoms with Crippen LogP contribution in [0.1, 0.15) is 134 Å². The van der Waals surface area contributed by atoms with Crippen molar-refractivity contribution in [3.05, 3.63) is 142 Å². The Morgan fingerprint density at radius 3 is 1.56 bits per heavy atom. The van der Waals surface area contributed by atoms with E-state index in [4.69, 9.17) is 0 Å². The molecule has 0 heterocycles. The van der Waals surface area contributed by atoms with Crippen LogP contribution in [0.4, 0.5) is 0 Å². The predicted octanol–water partition coefficient (Wildman–Crippen LogP) is 7.34. The van der Waals surface area contributed by atoms with Crippen molar-refractivity contribution in [3.8, 4) is 11.1 Å². The van der Waals surface area contributed by atoms with Gasteiger partial charge in [0.1, 0.15) is 0 Å². The molecule has 0 fully saturated rings. The SMILES string of the molecule is CC(C)(C)c1cc2c(c(C(C)(C)C)c1)-c1cc(C(C)(C)C)c(C(C)(C)C)[c]([Zr+2]([C]3=CC=CC3)=[C](c3ccc(Br)cc3)c3ccc(Br)cc3)c1C2.[Cl-].[Cl-]. The van der Waals surface area contributed by atoms with Crippen LogP contribution >= 0.6 is 31.9 Å². The Labute approximate surface area is 351 Å². The smallest absolute Gasteiger partial charge is 1.00 e. The summed E-state index contributed by atoms with van der Waals surface area (Å²) in [6.45, 7) is 29.0. The second kappa shape index (κ2) is 15.7. The molecule has 0 aliphatic heterocycles. The van der Waals surface area contributed by atoms with Gasteiger partial charge in [-0.15, -0.1) is 0 Å². The molecule has 0 amide bonds. The quantitative estimate of drug-likeness (QED) is 0.177. The van der Waals surface area contributed by atoms with Gasteiger partial charge in [-0.1, -0.05) is 0 Å². The third-order valence-corrected chi connectivity index (χ3v) is 19.2. The van der Waals surface area contributed by atoms with Gasteiger partial charge >= 0.3 is 330 Å². The Morgan fingerprint density at radius 2 is 1.13 bits per heavy atom. The van der Waals surface area contributed by atoms with Gasteiger partial charge in [0.25, 0.3) is 0 Å². The zero-order valence-corrected chi connectivity index (χ0v) is 40.2. The molecule has 0 atom stereocenters. The zero-order chi connectivity index (χ0) is 36.6. The second-order valence-corrected chi connectivity index (χ2v) is 26.2. The van der Waals surface area contributed by atoms with Gasteiger partial charge in [0.15, 0.2) is 0 Å². The third kappa shape index (κ3) is 8.55. The van der Waals surface area contributed by atoms with Gasteiger partial charge < -0.3 is 24.8 Å². The first kappa shape index (κ1) is 43.4. The summed E-state index contributed by atoms with van der Waals surface area (Å²) in [5, 5.41) is 0. The first-order valence-corrected chi connectivity index (χ1v) is 23.5. The van der Waals surface area contributed by atoms with Crippen molar-refractivity contribution in [1.29, 1.82) is 0 Å². The maximum absolute atomic E-state index is 3.76. The van der Waals surface area contributed by atoms with Crippen LogP contribution in [0, 0.1) is 0 Å². The van der Waals surface area contributed by atoms with E-state index >= 15 is 0 Å². The van der Waals surface area contributed by atoms with Gasteiger partial charge in [-0.25, -0.2) is 0 Å². The van der Waals surface area contributed by atoms with Crippen molar-refractivity contribution in [3.63, 3.8) is 0 Å². The zero-order valence-electron chi connectivity index (χ0n) is 33.0. The summed E-state index contributed by atoms with van der Waals surface area (Å²) in [6.07, 6.45) is 9.25. The largest absolute Gasteiger partial charge is 1.00 e. The Hall–Kier alpha value is -1.35. The van der Waals surface area contributed by atoms with E-state index in [1.165, 1.54) is 44.5 Å². The van der Waals surface area contributed by atoms with Crippen LogP contribution in [0.15, 0.2) is 97.2 Å². The van der Waals surface area contributed by atoms with Crippen molar-refractivity contribution in [2.45, 2.75) is 118 Å². The van der Waals surface area contributed by atoms with Crippen LogP contribution in [0.2, 0.25) is 0 Å². The molecule has 0 aromatic heterocycles. The monoisotopic (exact) mass is 936 g/mol. The number of halogens is 4. The van der Waals surface area contributed by atoms with Crippen LogP contribution in [-0.2, 0) is 49.3 Å². The minimum Gasteiger partial charge on any atom is -1.00 e. The van der Waals surface area contributed by atoms with E-state index in [0.717, 1.165) is 21.8 Å². The van der Waals surface area contributed by atoms with Crippen molar-refractivity contribution >= 4 is 38.3 Å². The molecule has 0 radical (unpaired) electrons. The fourth-order valence-electron chi connectivity index (χ4n) is 7.92. The average molecular weight is 941 g/mol. The minimum atomic E-state index is -2.97. The van der Waals surface area contributed by atoms with Crippen molar-refractivity contribution in [2.75, 3.05) is 0 Å². The van der Waals surface area contributed by atoms with Crippen molar-refractivity contribution < 1.29 is 46.1 Å². The normalized spacial score (nSPS) is 13.8. The van der Waals surface area contributed by atoms with E-state index in [1.54, 1.807) is 20.9 Å². The van der Waals surface area contributed by atoms with Crippen molar-refractivity contribution in [1.82, 2.24) is 0 Å². The summed E-state index contributed by atoms with van der Waals surface area (Å²) >= 11 is 4.54. The van der Waals surface area contributed by atoms with E-state index < -0.39 is 21.3 Å². The molecule has 5 heteroatoms. The number of benzene rings is 4.